The molecule has 3 aromatic carbocycles. The zero-order valence-corrected chi connectivity index (χ0v) is 15.6. The van der Waals surface area contributed by atoms with Crippen LogP contribution in [0.15, 0.2) is 72.8 Å². The molecule has 3 N–H and O–H groups in total. The van der Waals surface area contributed by atoms with E-state index < -0.39 is 11.9 Å². The molecule has 0 fully saturated rings. The maximum atomic E-state index is 12.0. The van der Waals surface area contributed by atoms with Gasteiger partial charge in [0.2, 0.25) is 0 Å². The summed E-state index contributed by atoms with van der Waals surface area (Å²) in [6.45, 7) is -0.143. The van der Waals surface area contributed by atoms with Gasteiger partial charge in [-0.1, -0.05) is 18.2 Å². The molecular formula is C22H17NO7. The predicted octanol–water partition coefficient (Wildman–Crippen LogP) is 3.89. The number of nitrogens with one attached hydrogen (secondary N) is 1. The van der Waals surface area contributed by atoms with Crippen molar-refractivity contribution in [2.24, 2.45) is 0 Å². The number of aromatic carboxylic acids is 2. The summed E-state index contributed by atoms with van der Waals surface area (Å²) in [6, 6.07) is 19.0. The molecule has 0 bridgehead atoms. The number of ether oxygens (including phenoxy) is 2. The number of carboxylic acid groups (broad SMARTS) is 2. The molecule has 0 unspecified atom stereocenters. The minimum Gasteiger partial charge on any atom is -0.484 e. The first-order valence-electron chi connectivity index (χ1n) is 8.78. The maximum absolute atomic E-state index is 12.0. The largest absolute Gasteiger partial charge is 0.484 e. The highest BCUT2D eigenvalue weighted by Gasteiger charge is 2.17. The molecule has 0 heterocycles. The molecular weight excluding hydrogens is 390 g/mol. The van der Waals surface area contributed by atoms with Crippen molar-refractivity contribution in [3.05, 3.63) is 83.9 Å². The molecule has 152 valence electrons. The van der Waals surface area contributed by atoms with E-state index in [1.807, 2.05) is 6.07 Å². The average Bonchev–Trinajstić information content (AvgIpc) is 2.74. The van der Waals surface area contributed by atoms with Crippen LogP contribution in [-0.4, -0.2) is 34.7 Å². The van der Waals surface area contributed by atoms with E-state index in [-0.39, 0.29) is 29.4 Å². The van der Waals surface area contributed by atoms with E-state index in [4.69, 9.17) is 14.6 Å². The quantitative estimate of drug-likeness (QED) is 0.518. The van der Waals surface area contributed by atoms with E-state index in [0.717, 1.165) is 6.07 Å². The number of rotatable bonds is 8. The molecule has 30 heavy (non-hydrogen) atoms. The monoisotopic (exact) mass is 407 g/mol. The van der Waals surface area contributed by atoms with E-state index in [2.05, 4.69) is 5.32 Å². The molecule has 0 radical (unpaired) electrons. The third-order valence-electron chi connectivity index (χ3n) is 3.94. The Hall–Kier alpha value is -4.33. The van der Waals surface area contributed by atoms with Crippen molar-refractivity contribution in [1.82, 2.24) is 0 Å². The Morgan fingerprint density at radius 3 is 2.00 bits per heavy atom. The lowest BCUT2D eigenvalue weighted by atomic mass is 10.1. The standard InChI is InChI=1S/C22H17NO7/c24-20(13-29-15-4-2-1-3-5-15)23-14-6-8-16(9-7-14)30-17-10-11-18(21(25)26)19(12-17)22(27)28/h1-12H,13H2,(H,23,24)(H,25,26)(H,27,28). The highest BCUT2D eigenvalue weighted by Crippen LogP contribution is 2.25. The van der Waals surface area contributed by atoms with E-state index in [0.29, 0.717) is 17.2 Å². The van der Waals surface area contributed by atoms with Gasteiger partial charge in [-0.25, -0.2) is 9.59 Å². The Kier molecular flexibility index (Phi) is 6.29. The fourth-order valence-electron chi connectivity index (χ4n) is 2.56. The van der Waals surface area contributed by atoms with Gasteiger partial charge in [0.05, 0.1) is 11.1 Å². The Labute approximate surface area is 171 Å². The zero-order valence-electron chi connectivity index (χ0n) is 15.6. The molecule has 0 spiro atoms. The van der Waals surface area contributed by atoms with Gasteiger partial charge in [-0.3, -0.25) is 4.79 Å². The number of amides is 1. The Bertz CT molecular complexity index is 1060. The van der Waals surface area contributed by atoms with Crippen molar-refractivity contribution in [2.75, 3.05) is 11.9 Å². The molecule has 0 aromatic heterocycles. The fourth-order valence-corrected chi connectivity index (χ4v) is 2.56. The van der Waals surface area contributed by atoms with Crippen LogP contribution in [0, 0.1) is 0 Å². The van der Waals surface area contributed by atoms with Gasteiger partial charge in [0.25, 0.3) is 5.91 Å². The number of para-hydroxylation sites is 1. The van der Waals surface area contributed by atoms with Crippen molar-refractivity contribution < 1.29 is 34.1 Å². The molecule has 0 saturated carbocycles. The molecule has 1 amide bonds. The van der Waals surface area contributed by atoms with Crippen LogP contribution >= 0.6 is 0 Å². The normalized spacial score (nSPS) is 10.1. The lowest BCUT2D eigenvalue weighted by Gasteiger charge is -2.10. The topological polar surface area (TPSA) is 122 Å². The molecule has 8 heteroatoms. The fraction of sp³-hybridized carbons (Fsp3) is 0.0455. The summed E-state index contributed by atoms with van der Waals surface area (Å²) in [4.78, 5) is 34.3. The van der Waals surface area contributed by atoms with Gasteiger partial charge in [0, 0.05) is 5.69 Å². The van der Waals surface area contributed by atoms with Crippen LogP contribution in [0.4, 0.5) is 5.69 Å². The molecule has 0 aliphatic carbocycles. The van der Waals surface area contributed by atoms with Gasteiger partial charge in [-0.2, -0.15) is 0 Å². The maximum Gasteiger partial charge on any atom is 0.336 e. The van der Waals surface area contributed by atoms with Gasteiger partial charge in [0.15, 0.2) is 6.61 Å². The number of hydrogen-bond acceptors (Lipinski definition) is 5. The number of benzene rings is 3. The zero-order chi connectivity index (χ0) is 21.5. The lowest BCUT2D eigenvalue weighted by Crippen LogP contribution is -2.20. The highest BCUT2D eigenvalue weighted by atomic mass is 16.5. The van der Waals surface area contributed by atoms with Crippen LogP contribution in [0.25, 0.3) is 0 Å². The summed E-state index contributed by atoms with van der Waals surface area (Å²) in [6.07, 6.45) is 0. The van der Waals surface area contributed by atoms with Crippen LogP contribution in [0.2, 0.25) is 0 Å². The molecule has 0 atom stereocenters. The average molecular weight is 407 g/mol. The van der Waals surface area contributed by atoms with Crippen LogP contribution in [0.1, 0.15) is 20.7 Å². The van der Waals surface area contributed by atoms with Gasteiger partial charge in [-0.15, -0.1) is 0 Å². The minimum absolute atomic E-state index is 0.143. The van der Waals surface area contributed by atoms with Gasteiger partial charge in [0.1, 0.15) is 17.2 Å². The first-order valence-corrected chi connectivity index (χ1v) is 8.78. The molecule has 0 aliphatic rings. The van der Waals surface area contributed by atoms with Crippen LogP contribution in [-0.2, 0) is 4.79 Å². The molecule has 0 aliphatic heterocycles. The van der Waals surface area contributed by atoms with Crippen molar-refractivity contribution in [1.29, 1.82) is 0 Å². The Morgan fingerprint density at radius 1 is 0.733 bits per heavy atom. The smallest absolute Gasteiger partial charge is 0.336 e. The third-order valence-corrected chi connectivity index (χ3v) is 3.94. The Morgan fingerprint density at radius 2 is 1.37 bits per heavy atom. The molecule has 3 rings (SSSR count). The van der Waals surface area contributed by atoms with Crippen molar-refractivity contribution >= 4 is 23.5 Å². The van der Waals surface area contributed by atoms with E-state index >= 15 is 0 Å². The summed E-state index contributed by atoms with van der Waals surface area (Å²) in [5.74, 6) is -1.89. The number of carbonyl (C=O) groups excluding carboxylic acids is 1. The first kappa shape index (κ1) is 20.4. The number of carbonyl (C=O) groups is 3. The number of anilines is 1. The first-order chi connectivity index (χ1) is 14.4. The second kappa shape index (κ2) is 9.24. The van der Waals surface area contributed by atoms with Crippen LogP contribution in [0.5, 0.6) is 17.2 Å². The second-order valence-electron chi connectivity index (χ2n) is 6.09. The van der Waals surface area contributed by atoms with Crippen molar-refractivity contribution in [3.63, 3.8) is 0 Å². The number of carboxylic acids is 2. The predicted molar refractivity (Wildman–Crippen MR) is 107 cm³/mol. The van der Waals surface area contributed by atoms with Crippen molar-refractivity contribution in [2.45, 2.75) is 0 Å². The molecule has 0 saturated heterocycles. The SMILES string of the molecule is O=C(COc1ccccc1)Nc1ccc(Oc2ccc(C(=O)O)c(C(=O)O)c2)cc1. The third kappa shape index (κ3) is 5.35. The summed E-state index contributed by atoms with van der Waals surface area (Å²) < 4.78 is 10.9. The van der Waals surface area contributed by atoms with Gasteiger partial charge >= 0.3 is 11.9 Å². The lowest BCUT2D eigenvalue weighted by molar-refractivity contribution is -0.118. The van der Waals surface area contributed by atoms with E-state index in [9.17, 15) is 19.5 Å². The molecule has 3 aromatic rings. The Balaban J connectivity index is 1.60. The number of hydrogen-bond donors (Lipinski definition) is 3. The van der Waals surface area contributed by atoms with Gasteiger partial charge < -0.3 is 25.0 Å². The summed E-state index contributed by atoms with van der Waals surface area (Å²) in [5.41, 5.74) is -0.176. The summed E-state index contributed by atoms with van der Waals surface area (Å²) in [5, 5.41) is 20.9. The minimum atomic E-state index is -1.37. The van der Waals surface area contributed by atoms with Crippen LogP contribution < -0.4 is 14.8 Å². The van der Waals surface area contributed by atoms with Crippen molar-refractivity contribution in [3.8, 4) is 17.2 Å². The highest BCUT2D eigenvalue weighted by molar-refractivity contribution is 6.02. The van der Waals surface area contributed by atoms with Gasteiger partial charge in [-0.05, 0) is 54.6 Å². The van der Waals surface area contributed by atoms with E-state index in [1.165, 1.54) is 12.1 Å². The molecule has 8 nitrogen and oxygen atoms in total. The van der Waals surface area contributed by atoms with E-state index in [1.54, 1.807) is 48.5 Å². The summed E-state index contributed by atoms with van der Waals surface area (Å²) >= 11 is 0. The summed E-state index contributed by atoms with van der Waals surface area (Å²) in [7, 11) is 0. The van der Waals surface area contributed by atoms with Crippen LogP contribution in [0.3, 0.4) is 0 Å². The second-order valence-corrected chi connectivity index (χ2v) is 6.09.